The highest BCUT2D eigenvalue weighted by molar-refractivity contribution is 7.89. The van der Waals surface area contributed by atoms with Crippen molar-refractivity contribution in [3.63, 3.8) is 0 Å². The van der Waals surface area contributed by atoms with E-state index in [4.69, 9.17) is 10.8 Å². The van der Waals surface area contributed by atoms with Gasteiger partial charge in [-0.3, -0.25) is 0 Å². The lowest BCUT2D eigenvalue weighted by Crippen LogP contribution is -2.23. The summed E-state index contributed by atoms with van der Waals surface area (Å²) in [5.41, 5.74) is 4.98. The van der Waals surface area contributed by atoms with Crippen LogP contribution in [0.15, 0.2) is 71.6 Å². The third kappa shape index (κ3) is 6.71. The van der Waals surface area contributed by atoms with E-state index in [0.717, 1.165) is 12.1 Å². The number of urea groups is 1. The van der Waals surface area contributed by atoms with E-state index in [1.807, 2.05) is 0 Å². The van der Waals surface area contributed by atoms with Crippen molar-refractivity contribution in [1.82, 2.24) is 4.72 Å². The van der Waals surface area contributed by atoms with Crippen LogP contribution >= 0.6 is 0 Å². The van der Waals surface area contributed by atoms with Gasteiger partial charge in [0.1, 0.15) is 0 Å². The fourth-order valence-electron chi connectivity index (χ4n) is 2.93. The van der Waals surface area contributed by atoms with Crippen molar-refractivity contribution in [2.75, 3.05) is 16.4 Å². The van der Waals surface area contributed by atoms with Crippen molar-refractivity contribution in [3.05, 3.63) is 83.4 Å². The zero-order valence-corrected chi connectivity index (χ0v) is 18.6. The smallest absolute Gasteiger partial charge is 0.416 e. The van der Waals surface area contributed by atoms with Gasteiger partial charge in [-0.1, -0.05) is 12.1 Å². The zero-order valence-electron chi connectivity index (χ0n) is 17.8. The van der Waals surface area contributed by atoms with Crippen LogP contribution in [-0.4, -0.2) is 25.5 Å². The minimum Gasteiger partial charge on any atom is -0.478 e. The lowest BCUT2D eigenvalue weighted by Gasteiger charge is -2.13. The number of anilines is 3. The quantitative estimate of drug-likeness (QED) is 0.303. The number of rotatable bonds is 7. The van der Waals surface area contributed by atoms with Gasteiger partial charge >= 0.3 is 18.2 Å². The number of amides is 2. The van der Waals surface area contributed by atoms with Gasteiger partial charge in [-0.25, -0.2) is 22.7 Å². The first-order valence-electron chi connectivity index (χ1n) is 9.82. The summed E-state index contributed by atoms with van der Waals surface area (Å²) >= 11 is 0. The predicted octanol–water partition coefficient (Wildman–Crippen LogP) is 4.11. The number of halogens is 3. The Labute approximate surface area is 197 Å². The summed E-state index contributed by atoms with van der Waals surface area (Å²) in [6.45, 7) is -0.138. The fourth-order valence-corrected chi connectivity index (χ4v) is 3.95. The molecule has 35 heavy (non-hydrogen) atoms. The highest BCUT2D eigenvalue weighted by atomic mass is 32.2. The van der Waals surface area contributed by atoms with Crippen LogP contribution in [0, 0.1) is 0 Å². The maximum Gasteiger partial charge on any atom is 0.416 e. The molecule has 13 heteroatoms. The Morgan fingerprint density at radius 2 is 1.63 bits per heavy atom. The van der Waals surface area contributed by atoms with Gasteiger partial charge in [0, 0.05) is 12.2 Å². The van der Waals surface area contributed by atoms with Gasteiger partial charge in [-0.2, -0.15) is 13.2 Å². The molecule has 0 aliphatic heterocycles. The highest BCUT2D eigenvalue weighted by Gasteiger charge is 2.30. The Morgan fingerprint density at radius 3 is 2.23 bits per heavy atom. The Hall–Kier alpha value is -4.10. The van der Waals surface area contributed by atoms with Crippen molar-refractivity contribution >= 4 is 39.1 Å². The minimum atomic E-state index is -4.58. The van der Waals surface area contributed by atoms with E-state index in [2.05, 4.69) is 15.4 Å². The lowest BCUT2D eigenvalue weighted by atomic mass is 10.1. The molecule has 0 fully saturated rings. The number of nitrogens with one attached hydrogen (secondary N) is 3. The molecule has 0 bridgehead atoms. The molecule has 3 aromatic rings. The normalized spacial score (nSPS) is 11.6. The van der Waals surface area contributed by atoms with E-state index < -0.39 is 33.8 Å². The molecule has 0 radical (unpaired) electrons. The summed E-state index contributed by atoms with van der Waals surface area (Å²) in [6.07, 6.45) is -4.58. The number of alkyl halides is 3. The molecule has 6 N–H and O–H groups in total. The molecule has 0 aliphatic rings. The van der Waals surface area contributed by atoms with Gasteiger partial charge < -0.3 is 21.5 Å². The van der Waals surface area contributed by atoms with E-state index in [1.165, 1.54) is 42.5 Å². The molecule has 0 heterocycles. The van der Waals surface area contributed by atoms with Crippen LogP contribution < -0.4 is 21.1 Å². The van der Waals surface area contributed by atoms with Crippen LogP contribution in [0.25, 0.3) is 0 Å². The fraction of sp³-hybridized carbons (Fsp3) is 0.0909. The molecule has 0 atom stereocenters. The van der Waals surface area contributed by atoms with Gasteiger partial charge in [0.15, 0.2) is 0 Å². The van der Waals surface area contributed by atoms with E-state index in [-0.39, 0.29) is 34.1 Å². The minimum absolute atomic E-state index is 0.0217. The molecule has 0 saturated heterocycles. The van der Waals surface area contributed by atoms with Crippen molar-refractivity contribution < 1.29 is 36.3 Å². The average Bonchev–Trinajstić information content (AvgIpc) is 2.79. The molecule has 184 valence electrons. The lowest BCUT2D eigenvalue weighted by molar-refractivity contribution is -0.137. The second-order valence-electron chi connectivity index (χ2n) is 7.23. The number of nitrogen functional groups attached to an aromatic ring is 1. The first kappa shape index (κ1) is 25.5. The molecule has 9 nitrogen and oxygen atoms in total. The molecule has 3 aromatic carbocycles. The summed E-state index contributed by atoms with van der Waals surface area (Å²) in [7, 11) is -3.94. The van der Waals surface area contributed by atoms with Crippen LogP contribution in [0.5, 0.6) is 0 Å². The molecule has 0 spiro atoms. The van der Waals surface area contributed by atoms with E-state index >= 15 is 0 Å². The Balaban J connectivity index is 1.61. The molecular formula is C22H19F3N4O5S. The molecule has 0 aromatic heterocycles. The van der Waals surface area contributed by atoms with E-state index in [9.17, 15) is 31.2 Å². The standard InChI is InChI=1S/C22H19F3N4O5S/c23-22(24,25)15-4-9-19(18(26)11-15)29-21(32)28-16-5-7-17(8-6-16)35(33,34)27-12-13-2-1-3-14(10-13)20(30)31/h1-11,27H,12,26H2,(H,30,31)(H2,28,29,32). The van der Waals surface area contributed by atoms with Crippen LogP contribution in [0.4, 0.5) is 35.0 Å². The molecule has 2 amide bonds. The first-order valence-corrected chi connectivity index (χ1v) is 11.3. The number of carbonyl (C=O) groups is 2. The number of sulfonamides is 1. The molecule has 0 aliphatic carbocycles. The van der Waals surface area contributed by atoms with Crippen LogP contribution in [0.2, 0.25) is 0 Å². The van der Waals surface area contributed by atoms with E-state index in [0.29, 0.717) is 11.6 Å². The average molecular weight is 508 g/mol. The van der Waals surface area contributed by atoms with Gasteiger partial charge in [-0.05, 0) is 60.2 Å². The largest absolute Gasteiger partial charge is 0.478 e. The van der Waals surface area contributed by atoms with Gasteiger partial charge in [0.25, 0.3) is 0 Å². The van der Waals surface area contributed by atoms with Crippen molar-refractivity contribution in [2.45, 2.75) is 17.6 Å². The summed E-state index contributed by atoms with van der Waals surface area (Å²) in [5.74, 6) is -1.14. The second-order valence-corrected chi connectivity index (χ2v) is 9.00. The maximum absolute atomic E-state index is 12.7. The predicted molar refractivity (Wildman–Crippen MR) is 122 cm³/mol. The number of benzene rings is 3. The van der Waals surface area contributed by atoms with Crippen molar-refractivity contribution in [3.8, 4) is 0 Å². The van der Waals surface area contributed by atoms with Crippen LogP contribution in [-0.2, 0) is 22.7 Å². The van der Waals surface area contributed by atoms with Crippen molar-refractivity contribution in [1.29, 1.82) is 0 Å². The Morgan fingerprint density at radius 1 is 0.943 bits per heavy atom. The van der Waals surface area contributed by atoms with E-state index in [1.54, 1.807) is 6.07 Å². The highest BCUT2D eigenvalue weighted by Crippen LogP contribution is 2.32. The number of hydrogen-bond acceptors (Lipinski definition) is 5. The molecule has 0 saturated carbocycles. The van der Waals surface area contributed by atoms with Gasteiger partial charge in [0.05, 0.1) is 27.4 Å². The zero-order chi connectivity index (χ0) is 25.8. The third-order valence-corrected chi connectivity index (χ3v) is 6.11. The van der Waals surface area contributed by atoms with Gasteiger partial charge in [-0.15, -0.1) is 0 Å². The monoisotopic (exact) mass is 508 g/mol. The summed E-state index contributed by atoms with van der Waals surface area (Å²) in [4.78, 5) is 23.1. The Bertz CT molecular complexity index is 1360. The van der Waals surface area contributed by atoms with Gasteiger partial charge in [0.2, 0.25) is 10.0 Å². The molecule has 3 rings (SSSR count). The number of carbonyl (C=O) groups excluding carboxylic acids is 1. The first-order chi connectivity index (χ1) is 16.3. The molecular weight excluding hydrogens is 489 g/mol. The summed E-state index contributed by atoms with van der Waals surface area (Å²) < 4.78 is 65.6. The maximum atomic E-state index is 12.7. The number of hydrogen-bond donors (Lipinski definition) is 5. The summed E-state index contributed by atoms with van der Waals surface area (Å²) in [6, 6.07) is 12.6. The summed E-state index contributed by atoms with van der Waals surface area (Å²) in [5, 5.41) is 13.8. The SMILES string of the molecule is Nc1cc(C(F)(F)F)ccc1NC(=O)Nc1ccc(S(=O)(=O)NCc2cccc(C(=O)O)c2)cc1. The number of aromatic carboxylic acids is 1. The third-order valence-electron chi connectivity index (χ3n) is 4.69. The number of carboxylic acid groups (broad SMARTS) is 1. The number of nitrogens with two attached hydrogens (primary N) is 1. The number of carboxylic acids is 1. The van der Waals surface area contributed by atoms with Crippen LogP contribution in [0.3, 0.4) is 0 Å². The Kier molecular flexibility index (Phi) is 7.31. The van der Waals surface area contributed by atoms with Crippen molar-refractivity contribution in [2.24, 2.45) is 0 Å². The topological polar surface area (TPSA) is 151 Å². The van der Waals surface area contributed by atoms with Crippen LogP contribution in [0.1, 0.15) is 21.5 Å². The molecule has 0 unspecified atom stereocenters. The second kappa shape index (κ2) is 10.0.